The second-order valence-corrected chi connectivity index (χ2v) is 4.18. The molecule has 0 saturated heterocycles. The number of amides is 1. The Kier molecular flexibility index (Phi) is 2.93. The molecular weight excluding hydrogens is 212 g/mol. The molecule has 0 aromatic carbocycles. The molecule has 4 heteroatoms. The van der Waals surface area contributed by atoms with Crippen molar-refractivity contribution in [3.05, 3.63) is 35.6 Å². The fourth-order valence-corrected chi connectivity index (χ4v) is 2.01. The van der Waals surface area contributed by atoms with Gasteiger partial charge in [0.15, 0.2) is 0 Å². The van der Waals surface area contributed by atoms with Gasteiger partial charge in [0.2, 0.25) is 6.41 Å². The zero-order valence-electron chi connectivity index (χ0n) is 8.48. The van der Waals surface area contributed by atoms with Gasteiger partial charge in [-0.2, -0.15) is 0 Å². The number of hydrogen-bond donors (Lipinski definition) is 1. The number of allylic oxidation sites excluding steroid dienone is 1. The standard InChI is InChI=1S/C11H13ClN2O/c1-14(7-15)9-3-4-10-8(6-9)2-5-11(12)13-10/h2-3,5-7,10-11,13H,4H2,1H3. The fraction of sp³-hybridized carbons (Fsp3) is 0.364. The summed E-state index contributed by atoms with van der Waals surface area (Å²) in [5, 5.41) is 3.25. The number of fused-ring (bicyclic) bond motifs is 1. The molecule has 1 aliphatic carbocycles. The molecule has 0 saturated carbocycles. The Balaban J connectivity index is 2.21. The van der Waals surface area contributed by atoms with Crippen molar-refractivity contribution in [2.45, 2.75) is 18.0 Å². The van der Waals surface area contributed by atoms with Gasteiger partial charge in [-0.15, -0.1) is 11.6 Å². The van der Waals surface area contributed by atoms with Gasteiger partial charge < -0.3 is 4.90 Å². The lowest BCUT2D eigenvalue weighted by Gasteiger charge is -2.29. The van der Waals surface area contributed by atoms with Crippen LogP contribution in [0, 0.1) is 0 Å². The predicted molar refractivity (Wildman–Crippen MR) is 60.3 cm³/mol. The average Bonchev–Trinajstić information content (AvgIpc) is 2.27. The van der Waals surface area contributed by atoms with E-state index in [-0.39, 0.29) is 11.5 Å². The quantitative estimate of drug-likeness (QED) is 0.437. The molecule has 0 aromatic heterocycles. The molecule has 80 valence electrons. The van der Waals surface area contributed by atoms with Gasteiger partial charge in [-0.05, 0) is 18.1 Å². The molecule has 0 bridgehead atoms. The van der Waals surface area contributed by atoms with E-state index in [4.69, 9.17) is 11.6 Å². The van der Waals surface area contributed by atoms with Gasteiger partial charge in [-0.3, -0.25) is 10.1 Å². The average molecular weight is 225 g/mol. The van der Waals surface area contributed by atoms with E-state index in [2.05, 4.69) is 5.32 Å². The third kappa shape index (κ3) is 2.13. The second kappa shape index (κ2) is 4.21. The van der Waals surface area contributed by atoms with E-state index >= 15 is 0 Å². The van der Waals surface area contributed by atoms with Crippen molar-refractivity contribution in [2.75, 3.05) is 7.05 Å². The molecule has 0 aromatic rings. The van der Waals surface area contributed by atoms with Crippen molar-refractivity contribution < 1.29 is 4.79 Å². The number of halogens is 1. The highest BCUT2D eigenvalue weighted by atomic mass is 35.5. The number of likely N-dealkylation sites (N-methyl/N-ethyl adjacent to an activating group) is 1. The van der Waals surface area contributed by atoms with Gasteiger partial charge >= 0.3 is 0 Å². The lowest BCUT2D eigenvalue weighted by atomic mass is 9.94. The molecule has 1 N–H and O–H groups in total. The summed E-state index contributed by atoms with van der Waals surface area (Å²) in [6.07, 6.45) is 9.66. The number of nitrogens with zero attached hydrogens (tertiary/aromatic N) is 1. The monoisotopic (exact) mass is 224 g/mol. The van der Waals surface area contributed by atoms with Crippen LogP contribution in [-0.4, -0.2) is 29.9 Å². The Labute approximate surface area is 94.1 Å². The number of nitrogens with one attached hydrogen (secondary N) is 1. The van der Waals surface area contributed by atoms with Crippen LogP contribution in [0.3, 0.4) is 0 Å². The summed E-state index contributed by atoms with van der Waals surface area (Å²) < 4.78 is 0. The SMILES string of the molecule is CN(C=O)C1=CCC2NC(Cl)C=CC2=C1. The van der Waals surface area contributed by atoms with E-state index < -0.39 is 0 Å². The van der Waals surface area contributed by atoms with E-state index in [1.165, 1.54) is 5.57 Å². The minimum Gasteiger partial charge on any atom is -0.318 e. The lowest BCUT2D eigenvalue weighted by molar-refractivity contribution is -0.115. The molecule has 0 spiro atoms. The molecule has 1 heterocycles. The van der Waals surface area contributed by atoms with Crippen LogP contribution in [0.1, 0.15) is 6.42 Å². The van der Waals surface area contributed by atoms with Crippen molar-refractivity contribution in [1.82, 2.24) is 10.2 Å². The Morgan fingerprint density at radius 2 is 2.47 bits per heavy atom. The molecule has 1 amide bonds. The number of carbonyl (C=O) groups is 1. The van der Waals surface area contributed by atoms with Crippen LogP contribution in [0.5, 0.6) is 0 Å². The molecule has 2 atom stereocenters. The van der Waals surface area contributed by atoms with E-state index in [9.17, 15) is 4.79 Å². The molecule has 1 aliphatic heterocycles. The molecule has 15 heavy (non-hydrogen) atoms. The molecule has 3 nitrogen and oxygen atoms in total. The van der Waals surface area contributed by atoms with Gasteiger partial charge in [-0.1, -0.05) is 18.2 Å². The first kappa shape index (κ1) is 10.5. The van der Waals surface area contributed by atoms with Gasteiger partial charge in [-0.25, -0.2) is 0 Å². The number of hydrogen-bond acceptors (Lipinski definition) is 2. The Morgan fingerprint density at radius 3 is 3.20 bits per heavy atom. The van der Waals surface area contributed by atoms with E-state index in [1.54, 1.807) is 11.9 Å². The summed E-state index contributed by atoms with van der Waals surface area (Å²) in [7, 11) is 1.75. The second-order valence-electron chi connectivity index (χ2n) is 3.71. The van der Waals surface area contributed by atoms with Gasteiger partial charge in [0.05, 0.1) is 0 Å². The first-order chi connectivity index (χ1) is 7.20. The summed E-state index contributed by atoms with van der Waals surface area (Å²) in [6, 6.07) is 0.279. The van der Waals surface area contributed by atoms with Gasteiger partial charge in [0.25, 0.3) is 0 Å². The van der Waals surface area contributed by atoms with E-state index in [0.717, 1.165) is 18.5 Å². The largest absolute Gasteiger partial charge is 0.318 e. The highest BCUT2D eigenvalue weighted by Crippen LogP contribution is 2.24. The third-order valence-electron chi connectivity index (χ3n) is 2.66. The summed E-state index contributed by atoms with van der Waals surface area (Å²) in [5.41, 5.74) is 2.03. The molecule has 0 radical (unpaired) electrons. The van der Waals surface area contributed by atoms with Crippen molar-refractivity contribution in [1.29, 1.82) is 0 Å². The van der Waals surface area contributed by atoms with Crippen LogP contribution >= 0.6 is 11.6 Å². The number of carbonyl (C=O) groups excluding carboxylic acids is 1. The van der Waals surface area contributed by atoms with Crippen LogP contribution in [0.2, 0.25) is 0 Å². The molecular formula is C11H13ClN2O. The molecule has 2 unspecified atom stereocenters. The summed E-state index contributed by atoms with van der Waals surface area (Å²) in [4.78, 5) is 12.2. The molecule has 0 fully saturated rings. The van der Waals surface area contributed by atoms with Gasteiger partial charge in [0, 0.05) is 18.8 Å². The molecule has 2 aliphatic rings. The van der Waals surface area contributed by atoms with E-state index in [1.807, 2.05) is 24.3 Å². The highest BCUT2D eigenvalue weighted by Gasteiger charge is 2.22. The topological polar surface area (TPSA) is 32.3 Å². The van der Waals surface area contributed by atoms with Crippen molar-refractivity contribution in [3.63, 3.8) is 0 Å². The zero-order valence-corrected chi connectivity index (χ0v) is 9.24. The normalized spacial score (nSPS) is 28.9. The maximum absolute atomic E-state index is 10.6. The third-order valence-corrected chi connectivity index (χ3v) is 2.93. The maximum atomic E-state index is 10.6. The van der Waals surface area contributed by atoms with Crippen molar-refractivity contribution in [2.24, 2.45) is 0 Å². The smallest absolute Gasteiger partial charge is 0.213 e. The van der Waals surface area contributed by atoms with Crippen LogP contribution in [0.4, 0.5) is 0 Å². The predicted octanol–water partition coefficient (Wildman–Crippen LogP) is 1.38. The summed E-state index contributed by atoms with van der Waals surface area (Å²) >= 11 is 5.95. The Hall–Kier alpha value is -1.06. The van der Waals surface area contributed by atoms with Crippen LogP contribution in [0.15, 0.2) is 35.6 Å². The van der Waals surface area contributed by atoms with E-state index in [0.29, 0.717) is 0 Å². The number of alkyl halides is 1. The summed E-state index contributed by atoms with van der Waals surface area (Å²) in [5.74, 6) is 0. The minimum absolute atomic E-state index is 0.0918. The Morgan fingerprint density at radius 1 is 1.67 bits per heavy atom. The van der Waals surface area contributed by atoms with Crippen molar-refractivity contribution in [3.8, 4) is 0 Å². The highest BCUT2D eigenvalue weighted by molar-refractivity contribution is 6.21. The molecule has 2 rings (SSSR count). The maximum Gasteiger partial charge on any atom is 0.213 e. The lowest BCUT2D eigenvalue weighted by Crippen LogP contribution is -2.39. The summed E-state index contributed by atoms with van der Waals surface area (Å²) in [6.45, 7) is 0. The number of rotatable bonds is 2. The van der Waals surface area contributed by atoms with Crippen LogP contribution in [-0.2, 0) is 4.79 Å². The fourth-order valence-electron chi connectivity index (χ4n) is 1.78. The van der Waals surface area contributed by atoms with Gasteiger partial charge in [0.1, 0.15) is 5.50 Å². The Bertz CT molecular complexity index is 360. The van der Waals surface area contributed by atoms with Crippen molar-refractivity contribution >= 4 is 18.0 Å². The van der Waals surface area contributed by atoms with Crippen LogP contribution in [0.25, 0.3) is 0 Å². The zero-order chi connectivity index (χ0) is 10.8. The first-order valence-electron chi connectivity index (χ1n) is 4.89. The first-order valence-corrected chi connectivity index (χ1v) is 5.32. The minimum atomic E-state index is -0.0918. The van der Waals surface area contributed by atoms with Crippen LogP contribution < -0.4 is 5.32 Å².